The van der Waals surface area contributed by atoms with E-state index in [1.807, 2.05) is 5.38 Å². The Bertz CT molecular complexity index is 385. The lowest BCUT2D eigenvalue weighted by Gasteiger charge is -2.02. The molecule has 0 aliphatic heterocycles. The number of hydrogen-bond acceptors (Lipinski definition) is 3. The highest BCUT2D eigenvalue weighted by molar-refractivity contribution is 7.03. The number of rotatable bonds is 3. The van der Waals surface area contributed by atoms with Gasteiger partial charge in [-0.3, -0.25) is 0 Å². The van der Waals surface area contributed by atoms with Crippen molar-refractivity contribution in [2.45, 2.75) is 6.61 Å². The lowest BCUT2D eigenvalue weighted by molar-refractivity contribution is 0.306. The van der Waals surface area contributed by atoms with E-state index in [-0.39, 0.29) is 5.82 Å². The zero-order valence-electron chi connectivity index (χ0n) is 7.31. The molecule has 0 bridgehead atoms. The van der Waals surface area contributed by atoms with Gasteiger partial charge >= 0.3 is 0 Å². The molecule has 1 aromatic heterocycles. The predicted octanol–water partition coefficient (Wildman–Crippen LogP) is 2.86. The van der Waals surface area contributed by atoms with Crippen LogP contribution in [0.1, 0.15) is 5.56 Å². The van der Waals surface area contributed by atoms with E-state index in [2.05, 4.69) is 4.37 Å². The van der Waals surface area contributed by atoms with Crippen molar-refractivity contribution in [3.8, 4) is 5.75 Å². The molecule has 1 heterocycles. The van der Waals surface area contributed by atoms with Gasteiger partial charge in [-0.25, -0.2) is 4.39 Å². The minimum atomic E-state index is -0.231. The van der Waals surface area contributed by atoms with E-state index >= 15 is 0 Å². The smallest absolute Gasteiger partial charge is 0.150 e. The minimum absolute atomic E-state index is 0.231. The summed E-state index contributed by atoms with van der Waals surface area (Å²) in [5.74, 6) is 0.519. The van der Waals surface area contributed by atoms with Crippen LogP contribution in [0.5, 0.6) is 5.75 Å². The molecule has 1 aromatic carbocycles. The Labute approximate surface area is 85.1 Å². The van der Waals surface area contributed by atoms with E-state index in [9.17, 15) is 4.39 Å². The average molecular weight is 209 g/mol. The van der Waals surface area contributed by atoms with Crippen LogP contribution < -0.4 is 4.74 Å². The maximum atomic E-state index is 12.6. The van der Waals surface area contributed by atoms with Gasteiger partial charge in [-0.2, -0.15) is 4.37 Å². The summed E-state index contributed by atoms with van der Waals surface area (Å²) in [4.78, 5) is 0. The van der Waals surface area contributed by atoms with Crippen molar-refractivity contribution in [1.29, 1.82) is 0 Å². The first kappa shape index (κ1) is 9.15. The third-order valence-electron chi connectivity index (χ3n) is 1.73. The van der Waals surface area contributed by atoms with Crippen LogP contribution >= 0.6 is 11.5 Å². The first-order chi connectivity index (χ1) is 6.84. The van der Waals surface area contributed by atoms with Crippen molar-refractivity contribution >= 4 is 11.5 Å². The number of nitrogens with zero attached hydrogens (tertiary/aromatic N) is 1. The highest BCUT2D eigenvalue weighted by Crippen LogP contribution is 2.13. The largest absolute Gasteiger partial charge is 0.486 e. The van der Waals surface area contributed by atoms with Crippen LogP contribution in [0.3, 0.4) is 0 Å². The molecule has 0 amide bonds. The van der Waals surface area contributed by atoms with Crippen molar-refractivity contribution in [3.63, 3.8) is 0 Å². The molecule has 0 unspecified atom stereocenters. The maximum Gasteiger partial charge on any atom is 0.150 e. The van der Waals surface area contributed by atoms with Crippen LogP contribution in [0.25, 0.3) is 0 Å². The van der Waals surface area contributed by atoms with Gasteiger partial charge in [0.15, 0.2) is 5.75 Å². The predicted molar refractivity (Wildman–Crippen MR) is 52.8 cm³/mol. The fourth-order valence-corrected chi connectivity index (χ4v) is 1.47. The molecule has 0 aliphatic carbocycles. The van der Waals surface area contributed by atoms with Gasteiger partial charge in [-0.1, -0.05) is 12.1 Å². The Balaban J connectivity index is 1.95. The summed E-state index contributed by atoms with van der Waals surface area (Å²) < 4.78 is 21.9. The molecule has 2 nitrogen and oxygen atoms in total. The second-order valence-corrected chi connectivity index (χ2v) is 3.43. The molecule has 0 radical (unpaired) electrons. The quantitative estimate of drug-likeness (QED) is 0.775. The number of ether oxygens (including phenoxy) is 1. The maximum absolute atomic E-state index is 12.6. The molecule has 0 aliphatic rings. The molecule has 2 aromatic rings. The summed E-state index contributed by atoms with van der Waals surface area (Å²) in [5.41, 5.74) is 0.942. The highest BCUT2D eigenvalue weighted by Gasteiger charge is 1.96. The standard InChI is InChI=1S/C10H8FNOS/c11-9-3-1-8(2-4-9)6-13-10-5-12-14-7-10/h1-5,7H,6H2. The lowest BCUT2D eigenvalue weighted by atomic mass is 10.2. The van der Waals surface area contributed by atoms with Crippen molar-refractivity contribution in [2.24, 2.45) is 0 Å². The molecule has 0 N–H and O–H groups in total. The van der Waals surface area contributed by atoms with Gasteiger partial charge in [0.25, 0.3) is 0 Å². The van der Waals surface area contributed by atoms with Crippen LogP contribution in [0.4, 0.5) is 4.39 Å². The average Bonchev–Trinajstić information content (AvgIpc) is 2.70. The molecule has 0 fully saturated rings. The van der Waals surface area contributed by atoms with Crippen LogP contribution in [0.15, 0.2) is 35.8 Å². The van der Waals surface area contributed by atoms with E-state index < -0.39 is 0 Å². The number of benzene rings is 1. The minimum Gasteiger partial charge on any atom is -0.486 e. The zero-order chi connectivity index (χ0) is 9.80. The van der Waals surface area contributed by atoms with Crippen molar-refractivity contribution in [1.82, 2.24) is 4.37 Å². The van der Waals surface area contributed by atoms with E-state index in [1.165, 1.54) is 23.7 Å². The van der Waals surface area contributed by atoms with E-state index in [1.54, 1.807) is 18.3 Å². The summed E-state index contributed by atoms with van der Waals surface area (Å²) in [6.07, 6.45) is 1.66. The van der Waals surface area contributed by atoms with Crippen LogP contribution in [-0.2, 0) is 6.61 Å². The number of halogens is 1. The molecule has 72 valence electrons. The molecule has 2 rings (SSSR count). The first-order valence-electron chi connectivity index (χ1n) is 4.11. The van der Waals surface area contributed by atoms with Gasteiger partial charge in [-0.15, -0.1) is 0 Å². The molecular formula is C10H8FNOS. The summed E-state index contributed by atoms with van der Waals surface area (Å²) in [6.45, 7) is 0.443. The van der Waals surface area contributed by atoms with Gasteiger partial charge in [0.2, 0.25) is 0 Å². The van der Waals surface area contributed by atoms with Gasteiger partial charge in [0.05, 0.1) is 11.6 Å². The highest BCUT2D eigenvalue weighted by atomic mass is 32.1. The number of aromatic nitrogens is 1. The van der Waals surface area contributed by atoms with Gasteiger partial charge in [-0.05, 0) is 29.2 Å². The lowest BCUT2D eigenvalue weighted by Crippen LogP contribution is -1.93. The van der Waals surface area contributed by atoms with Crippen molar-refractivity contribution < 1.29 is 9.13 Å². The Morgan fingerprint density at radius 3 is 2.71 bits per heavy atom. The van der Waals surface area contributed by atoms with E-state index in [0.29, 0.717) is 6.61 Å². The summed E-state index contributed by atoms with van der Waals surface area (Å²) in [6, 6.07) is 6.25. The summed E-state index contributed by atoms with van der Waals surface area (Å²) in [7, 11) is 0. The van der Waals surface area contributed by atoms with E-state index in [0.717, 1.165) is 11.3 Å². The summed E-state index contributed by atoms with van der Waals surface area (Å²) in [5, 5.41) is 1.82. The topological polar surface area (TPSA) is 22.1 Å². The van der Waals surface area contributed by atoms with Crippen molar-refractivity contribution in [2.75, 3.05) is 0 Å². The molecule has 0 saturated heterocycles. The van der Waals surface area contributed by atoms with Crippen LogP contribution in [0.2, 0.25) is 0 Å². The first-order valence-corrected chi connectivity index (χ1v) is 4.95. The SMILES string of the molecule is Fc1ccc(COc2cnsc2)cc1. The van der Waals surface area contributed by atoms with Gasteiger partial charge in [0.1, 0.15) is 12.4 Å². The van der Waals surface area contributed by atoms with Crippen LogP contribution in [0, 0.1) is 5.82 Å². The Kier molecular flexibility index (Phi) is 2.74. The molecular weight excluding hydrogens is 201 g/mol. The Morgan fingerprint density at radius 1 is 1.29 bits per heavy atom. The van der Waals surface area contributed by atoms with Gasteiger partial charge < -0.3 is 4.74 Å². The van der Waals surface area contributed by atoms with Gasteiger partial charge in [0, 0.05) is 0 Å². The normalized spacial score (nSPS) is 10.1. The fourth-order valence-electron chi connectivity index (χ4n) is 1.01. The van der Waals surface area contributed by atoms with Crippen LogP contribution in [-0.4, -0.2) is 4.37 Å². The third kappa shape index (κ3) is 2.29. The fraction of sp³-hybridized carbons (Fsp3) is 0.100. The Hall–Kier alpha value is -1.42. The molecule has 0 saturated carbocycles. The number of hydrogen-bond donors (Lipinski definition) is 0. The second-order valence-electron chi connectivity index (χ2n) is 2.78. The molecule has 14 heavy (non-hydrogen) atoms. The molecule has 4 heteroatoms. The zero-order valence-corrected chi connectivity index (χ0v) is 8.13. The monoisotopic (exact) mass is 209 g/mol. The Morgan fingerprint density at radius 2 is 2.07 bits per heavy atom. The molecule has 0 atom stereocenters. The van der Waals surface area contributed by atoms with E-state index in [4.69, 9.17) is 4.74 Å². The second kappa shape index (κ2) is 4.19. The summed E-state index contributed by atoms with van der Waals surface area (Å²) >= 11 is 1.34. The molecule has 0 spiro atoms. The van der Waals surface area contributed by atoms with Crippen molar-refractivity contribution in [3.05, 3.63) is 47.2 Å². The third-order valence-corrected chi connectivity index (χ3v) is 2.29.